The number of ether oxygens (including phenoxy) is 2. The van der Waals surface area contributed by atoms with E-state index in [0.717, 1.165) is 5.56 Å². The van der Waals surface area contributed by atoms with Gasteiger partial charge >= 0.3 is 12.2 Å². The van der Waals surface area contributed by atoms with Crippen molar-refractivity contribution >= 4 is 12.2 Å². The maximum Gasteiger partial charge on any atom is 0.415 e. The van der Waals surface area contributed by atoms with Crippen molar-refractivity contribution in [3.05, 3.63) is 58.9 Å². The minimum atomic E-state index is -0.575. The molecule has 0 bridgehead atoms. The SMILES string of the molecule is Cc1cccc(CN2Cc3ccc(OC(=O)N(C)C)cc3OC2=O)c1F. The van der Waals surface area contributed by atoms with Gasteiger partial charge in [0.05, 0.1) is 13.1 Å². The van der Waals surface area contributed by atoms with Crippen molar-refractivity contribution in [2.75, 3.05) is 14.1 Å². The maximum absolute atomic E-state index is 14.2. The average molecular weight is 358 g/mol. The molecular weight excluding hydrogens is 339 g/mol. The largest absolute Gasteiger partial charge is 0.415 e. The van der Waals surface area contributed by atoms with Crippen molar-refractivity contribution in [3.8, 4) is 11.5 Å². The lowest BCUT2D eigenvalue weighted by Gasteiger charge is -2.28. The maximum atomic E-state index is 14.2. The van der Waals surface area contributed by atoms with Gasteiger partial charge in [-0.05, 0) is 24.6 Å². The normalized spacial score (nSPS) is 13.1. The van der Waals surface area contributed by atoms with Crippen LogP contribution in [0.5, 0.6) is 11.5 Å². The summed E-state index contributed by atoms with van der Waals surface area (Å²) in [6.45, 7) is 2.08. The zero-order chi connectivity index (χ0) is 18.8. The summed E-state index contributed by atoms with van der Waals surface area (Å²) in [5, 5.41) is 0. The molecule has 2 amide bonds. The van der Waals surface area contributed by atoms with Gasteiger partial charge in [0.15, 0.2) is 0 Å². The van der Waals surface area contributed by atoms with Crippen LogP contribution in [0.4, 0.5) is 14.0 Å². The van der Waals surface area contributed by atoms with Gasteiger partial charge in [0.1, 0.15) is 17.3 Å². The summed E-state index contributed by atoms with van der Waals surface area (Å²) in [5.41, 5.74) is 1.71. The van der Waals surface area contributed by atoms with Gasteiger partial charge < -0.3 is 14.4 Å². The lowest BCUT2D eigenvalue weighted by Crippen LogP contribution is -2.36. The molecule has 0 spiro atoms. The Kier molecular flexibility index (Phi) is 4.79. The predicted octanol–water partition coefficient (Wildman–Crippen LogP) is 3.71. The van der Waals surface area contributed by atoms with Crippen LogP contribution < -0.4 is 9.47 Å². The molecule has 0 radical (unpaired) electrons. The molecule has 0 aromatic heterocycles. The Morgan fingerprint density at radius 1 is 1.31 bits per heavy atom. The van der Waals surface area contributed by atoms with Crippen molar-refractivity contribution in [3.63, 3.8) is 0 Å². The summed E-state index contributed by atoms with van der Waals surface area (Å²) in [7, 11) is 3.14. The van der Waals surface area contributed by atoms with Crippen LogP contribution in [-0.4, -0.2) is 36.1 Å². The quantitative estimate of drug-likeness (QED) is 0.839. The van der Waals surface area contributed by atoms with Crippen LogP contribution in [-0.2, 0) is 13.1 Å². The Balaban J connectivity index is 1.77. The Hall–Kier alpha value is -3.09. The number of benzene rings is 2. The van der Waals surface area contributed by atoms with Crippen LogP contribution in [0.2, 0.25) is 0 Å². The molecule has 0 N–H and O–H groups in total. The van der Waals surface area contributed by atoms with E-state index in [4.69, 9.17) is 9.47 Å². The van der Waals surface area contributed by atoms with Crippen LogP contribution in [0.25, 0.3) is 0 Å². The van der Waals surface area contributed by atoms with Gasteiger partial charge in [-0.1, -0.05) is 18.2 Å². The third-order valence-electron chi connectivity index (χ3n) is 4.06. The lowest BCUT2D eigenvalue weighted by molar-refractivity contribution is 0.134. The molecule has 0 saturated carbocycles. The molecule has 1 aliphatic heterocycles. The van der Waals surface area contributed by atoms with Crippen LogP contribution in [0.3, 0.4) is 0 Å². The lowest BCUT2D eigenvalue weighted by atomic mass is 10.1. The average Bonchev–Trinajstić information content (AvgIpc) is 2.59. The fourth-order valence-electron chi connectivity index (χ4n) is 2.60. The van der Waals surface area contributed by atoms with Crippen molar-refractivity contribution in [2.45, 2.75) is 20.0 Å². The molecule has 1 aliphatic rings. The van der Waals surface area contributed by atoms with Crippen LogP contribution in [0.1, 0.15) is 16.7 Å². The highest BCUT2D eigenvalue weighted by atomic mass is 19.1. The van der Waals surface area contributed by atoms with Crippen molar-refractivity contribution < 1.29 is 23.5 Å². The van der Waals surface area contributed by atoms with Crippen molar-refractivity contribution in [1.29, 1.82) is 0 Å². The zero-order valence-electron chi connectivity index (χ0n) is 14.8. The van der Waals surface area contributed by atoms with Gasteiger partial charge in [-0.25, -0.2) is 14.0 Å². The number of amides is 2. The number of hydrogen-bond acceptors (Lipinski definition) is 4. The van der Waals surface area contributed by atoms with Gasteiger partial charge in [-0.15, -0.1) is 0 Å². The van der Waals surface area contributed by atoms with E-state index in [1.807, 2.05) is 0 Å². The second-order valence-electron chi connectivity index (χ2n) is 6.30. The third kappa shape index (κ3) is 3.61. The van der Waals surface area contributed by atoms with Crippen molar-refractivity contribution in [2.24, 2.45) is 0 Å². The van der Waals surface area contributed by atoms with Crippen LogP contribution >= 0.6 is 0 Å². The molecule has 3 rings (SSSR count). The summed E-state index contributed by atoms with van der Waals surface area (Å²) in [6.07, 6.45) is -1.10. The first-order chi connectivity index (χ1) is 12.3. The molecule has 2 aromatic carbocycles. The highest BCUT2D eigenvalue weighted by molar-refractivity contribution is 5.74. The Morgan fingerprint density at radius 2 is 2.08 bits per heavy atom. The number of aryl methyl sites for hydroxylation is 1. The van der Waals surface area contributed by atoms with Gasteiger partial charge in [-0.3, -0.25) is 4.90 Å². The molecule has 2 aromatic rings. The van der Waals surface area contributed by atoms with Crippen LogP contribution in [0, 0.1) is 12.7 Å². The van der Waals surface area contributed by atoms with Gasteiger partial charge in [0, 0.05) is 31.3 Å². The molecule has 0 fully saturated rings. The predicted molar refractivity (Wildman–Crippen MR) is 92.6 cm³/mol. The van der Waals surface area contributed by atoms with Crippen molar-refractivity contribution in [1.82, 2.24) is 9.80 Å². The van der Waals surface area contributed by atoms with Gasteiger partial charge in [0.25, 0.3) is 0 Å². The van der Waals surface area contributed by atoms with Gasteiger partial charge in [0.2, 0.25) is 0 Å². The summed E-state index contributed by atoms with van der Waals surface area (Å²) in [4.78, 5) is 26.6. The molecular formula is C19H19FN2O4. The number of nitrogens with zero attached hydrogens (tertiary/aromatic N) is 2. The first kappa shape index (κ1) is 17.7. The second kappa shape index (κ2) is 7.03. The van der Waals surface area contributed by atoms with Gasteiger partial charge in [-0.2, -0.15) is 0 Å². The minimum absolute atomic E-state index is 0.114. The fraction of sp³-hybridized carbons (Fsp3) is 0.263. The number of halogens is 1. The Bertz CT molecular complexity index is 867. The molecule has 0 saturated heterocycles. The molecule has 26 heavy (non-hydrogen) atoms. The van der Waals surface area contributed by atoms with E-state index in [2.05, 4.69) is 0 Å². The van der Waals surface area contributed by atoms with E-state index in [-0.39, 0.29) is 24.7 Å². The Morgan fingerprint density at radius 3 is 2.81 bits per heavy atom. The smallest absolute Gasteiger partial charge is 0.410 e. The minimum Gasteiger partial charge on any atom is -0.410 e. The highest BCUT2D eigenvalue weighted by Crippen LogP contribution is 2.31. The van der Waals surface area contributed by atoms with E-state index in [1.54, 1.807) is 51.4 Å². The summed E-state index contributed by atoms with van der Waals surface area (Å²) in [6, 6.07) is 9.93. The van der Waals surface area contributed by atoms with E-state index >= 15 is 0 Å². The molecule has 7 heteroatoms. The number of carbonyl (C=O) groups is 2. The standard InChI is InChI=1S/C19H19FN2O4/c1-12-5-4-6-14(17(12)20)11-22-10-13-7-8-15(25-18(23)21(2)3)9-16(13)26-19(22)24/h4-9H,10-11H2,1-3H3. The summed E-state index contributed by atoms with van der Waals surface area (Å²) >= 11 is 0. The first-order valence-electron chi connectivity index (χ1n) is 8.08. The number of carbonyl (C=O) groups excluding carboxylic acids is 2. The molecule has 6 nitrogen and oxygen atoms in total. The number of fused-ring (bicyclic) bond motifs is 1. The molecule has 0 unspecified atom stereocenters. The van der Waals surface area contributed by atoms with E-state index in [0.29, 0.717) is 16.9 Å². The molecule has 1 heterocycles. The molecule has 0 aliphatic carbocycles. The second-order valence-corrected chi connectivity index (χ2v) is 6.30. The Labute approximate surface area is 150 Å². The molecule has 136 valence electrons. The van der Waals surface area contributed by atoms with E-state index < -0.39 is 12.2 Å². The van der Waals surface area contributed by atoms with Crippen LogP contribution in [0.15, 0.2) is 36.4 Å². The third-order valence-corrected chi connectivity index (χ3v) is 4.06. The van der Waals surface area contributed by atoms with E-state index in [1.165, 1.54) is 15.9 Å². The molecule has 0 atom stereocenters. The topological polar surface area (TPSA) is 59.1 Å². The number of rotatable bonds is 3. The first-order valence-corrected chi connectivity index (χ1v) is 8.08. The highest BCUT2D eigenvalue weighted by Gasteiger charge is 2.26. The summed E-state index contributed by atoms with van der Waals surface area (Å²) in [5.74, 6) is 0.297. The number of hydrogen-bond donors (Lipinski definition) is 0. The zero-order valence-corrected chi connectivity index (χ0v) is 14.8. The summed E-state index contributed by atoms with van der Waals surface area (Å²) < 4.78 is 24.7. The van der Waals surface area contributed by atoms with E-state index in [9.17, 15) is 14.0 Å². The monoisotopic (exact) mass is 358 g/mol. The fourth-order valence-corrected chi connectivity index (χ4v) is 2.60.